The molecule has 5 nitrogen and oxygen atoms in total. The van der Waals surface area contributed by atoms with E-state index in [-0.39, 0.29) is 16.9 Å². The first kappa shape index (κ1) is 21.7. The van der Waals surface area contributed by atoms with Gasteiger partial charge in [-0.3, -0.25) is 0 Å². The number of hydrogen-bond donors (Lipinski definition) is 2. The average Bonchev–Trinajstić information content (AvgIpc) is 2.41. The molecule has 0 atom stereocenters. The molecule has 0 radical (unpaired) electrons. The molecular formula is C21H30O5. The number of aliphatic carboxylic acids is 2. The monoisotopic (exact) mass is 362 g/mol. The van der Waals surface area contributed by atoms with Gasteiger partial charge < -0.3 is 14.9 Å². The topological polar surface area (TPSA) is 83.8 Å². The maximum absolute atomic E-state index is 11.2. The molecule has 0 aromatic heterocycles. The third-order valence-electron chi connectivity index (χ3n) is 3.65. The molecule has 144 valence electrons. The number of carboxylic acids is 2. The van der Waals surface area contributed by atoms with Crippen molar-refractivity contribution >= 4 is 18.0 Å². The highest BCUT2D eigenvalue weighted by molar-refractivity contribution is 6.16. The van der Waals surface area contributed by atoms with Crippen LogP contribution in [-0.2, 0) is 9.59 Å². The van der Waals surface area contributed by atoms with E-state index in [2.05, 4.69) is 41.5 Å². The molecule has 1 rings (SSSR count). The van der Waals surface area contributed by atoms with Gasteiger partial charge in [-0.25, -0.2) is 9.59 Å². The first-order valence-corrected chi connectivity index (χ1v) is 8.72. The van der Waals surface area contributed by atoms with Gasteiger partial charge in [0.25, 0.3) is 0 Å². The molecule has 0 fully saturated rings. The Hall–Kier alpha value is -2.30. The largest absolute Gasteiger partial charge is 0.490 e. The molecule has 0 unspecified atom stereocenters. The van der Waals surface area contributed by atoms with Crippen LogP contribution in [-0.4, -0.2) is 28.3 Å². The fourth-order valence-corrected chi connectivity index (χ4v) is 2.78. The van der Waals surface area contributed by atoms with Gasteiger partial charge in [-0.2, -0.15) is 0 Å². The fraction of sp³-hybridized carbons (Fsp3) is 0.524. The van der Waals surface area contributed by atoms with Crippen LogP contribution < -0.4 is 4.74 Å². The van der Waals surface area contributed by atoms with Crippen molar-refractivity contribution < 1.29 is 24.5 Å². The van der Waals surface area contributed by atoms with Gasteiger partial charge in [-0.15, -0.1) is 0 Å². The zero-order valence-corrected chi connectivity index (χ0v) is 16.5. The molecule has 0 heterocycles. The van der Waals surface area contributed by atoms with Gasteiger partial charge in [-0.1, -0.05) is 59.7 Å². The molecule has 5 heteroatoms. The van der Waals surface area contributed by atoms with Gasteiger partial charge in [0.1, 0.15) is 11.3 Å². The summed E-state index contributed by atoms with van der Waals surface area (Å²) in [6.45, 7) is 12.9. The molecule has 0 saturated carbocycles. The van der Waals surface area contributed by atoms with E-state index in [9.17, 15) is 9.59 Å². The van der Waals surface area contributed by atoms with Crippen LogP contribution in [0.2, 0.25) is 0 Å². The van der Waals surface area contributed by atoms with Crippen LogP contribution in [0.4, 0.5) is 0 Å². The van der Waals surface area contributed by atoms with Gasteiger partial charge in [0.15, 0.2) is 0 Å². The number of benzene rings is 1. The van der Waals surface area contributed by atoms with Crippen molar-refractivity contribution in [1.29, 1.82) is 0 Å². The predicted molar refractivity (Wildman–Crippen MR) is 102 cm³/mol. The molecule has 0 aliphatic carbocycles. The second kappa shape index (κ2) is 8.39. The predicted octanol–water partition coefficient (Wildman–Crippen LogP) is 4.86. The first-order valence-electron chi connectivity index (χ1n) is 8.72. The van der Waals surface area contributed by atoms with E-state index >= 15 is 0 Å². The summed E-state index contributed by atoms with van der Waals surface area (Å²) < 4.78 is 6.23. The zero-order chi connectivity index (χ0) is 20.1. The minimum absolute atomic E-state index is 0.0635. The standard InChI is InChI=1S/C21H30O5/c1-20(2,3)12-15(13-21(4,5)6)26-17-10-8-7-9-14(17)11-16(18(22)23)19(24)25/h7-11,15H,12-13H2,1-6H3,(H,22,23)(H,24,25). The summed E-state index contributed by atoms with van der Waals surface area (Å²) >= 11 is 0. The summed E-state index contributed by atoms with van der Waals surface area (Å²) in [5, 5.41) is 18.2. The number of carbonyl (C=O) groups is 2. The summed E-state index contributed by atoms with van der Waals surface area (Å²) in [4.78, 5) is 22.3. The van der Waals surface area contributed by atoms with E-state index in [1.165, 1.54) is 0 Å². The van der Waals surface area contributed by atoms with Crippen LogP contribution in [0.3, 0.4) is 0 Å². The zero-order valence-electron chi connectivity index (χ0n) is 16.5. The van der Waals surface area contributed by atoms with Gasteiger partial charge in [-0.05, 0) is 35.8 Å². The van der Waals surface area contributed by atoms with E-state index in [0.717, 1.165) is 18.9 Å². The van der Waals surface area contributed by atoms with Crippen molar-refractivity contribution in [3.05, 3.63) is 35.4 Å². The Morgan fingerprint density at radius 2 is 1.42 bits per heavy atom. The van der Waals surface area contributed by atoms with Crippen molar-refractivity contribution in [3.8, 4) is 5.75 Å². The summed E-state index contributed by atoms with van der Waals surface area (Å²) in [6, 6.07) is 6.92. The SMILES string of the molecule is CC(C)(C)CC(CC(C)(C)C)Oc1ccccc1C=C(C(=O)O)C(=O)O. The van der Waals surface area contributed by atoms with Gasteiger partial charge in [0.2, 0.25) is 0 Å². The van der Waals surface area contributed by atoms with Crippen molar-refractivity contribution in [2.45, 2.75) is 60.5 Å². The summed E-state index contributed by atoms with van der Waals surface area (Å²) in [5.74, 6) is -2.47. The molecule has 2 N–H and O–H groups in total. The van der Waals surface area contributed by atoms with Gasteiger partial charge in [0.05, 0.1) is 6.10 Å². The highest BCUT2D eigenvalue weighted by Gasteiger charge is 2.26. The Balaban J connectivity index is 3.23. The van der Waals surface area contributed by atoms with Gasteiger partial charge >= 0.3 is 11.9 Å². The molecule has 1 aromatic rings. The summed E-state index contributed by atoms with van der Waals surface area (Å²) in [5.41, 5.74) is -0.119. The van der Waals surface area contributed by atoms with Gasteiger partial charge in [0, 0.05) is 5.56 Å². The molecule has 0 spiro atoms. The Bertz CT molecular complexity index is 642. The molecule has 26 heavy (non-hydrogen) atoms. The number of ether oxygens (including phenoxy) is 1. The third kappa shape index (κ3) is 7.72. The van der Waals surface area contributed by atoms with E-state index in [0.29, 0.717) is 11.3 Å². The lowest BCUT2D eigenvalue weighted by molar-refractivity contribution is -0.140. The van der Waals surface area contributed by atoms with E-state index in [1.807, 2.05) is 0 Å². The van der Waals surface area contributed by atoms with Crippen molar-refractivity contribution in [2.75, 3.05) is 0 Å². The lowest BCUT2D eigenvalue weighted by Crippen LogP contribution is -2.28. The second-order valence-corrected chi connectivity index (χ2v) is 8.98. The molecule has 0 amide bonds. The lowest BCUT2D eigenvalue weighted by Gasteiger charge is -2.32. The van der Waals surface area contributed by atoms with Crippen LogP contribution in [0, 0.1) is 10.8 Å². The van der Waals surface area contributed by atoms with Crippen LogP contribution in [0.25, 0.3) is 6.08 Å². The van der Waals surface area contributed by atoms with E-state index in [1.54, 1.807) is 24.3 Å². The van der Waals surface area contributed by atoms with Crippen molar-refractivity contribution in [1.82, 2.24) is 0 Å². The number of hydrogen-bond acceptors (Lipinski definition) is 3. The van der Waals surface area contributed by atoms with Crippen LogP contribution >= 0.6 is 0 Å². The minimum atomic E-state index is -1.48. The second-order valence-electron chi connectivity index (χ2n) is 8.98. The van der Waals surface area contributed by atoms with Crippen LogP contribution in [0.15, 0.2) is 29.8 Å². The summed E-state index contributed by atoms with van der Waals surface area (Å²) in [7, 11) is 0. The number of rotatable bonds is 7. The fourth-order valence-electron chi connectivity index (χ4n) is 2.78. The van der Waals surface area contributed by atoms with E-state index < -0.39 is 17.5 Å². The lowest BCUT2D eigenvalue weighted by atomic mass is 9.82. The smallest absolute Gasteiger partial charge is 0.343 e. The Labute approximate surface area is 155 Å². The number of para-hydroxylation sites is 1. The van der Waals surface area contributed by atoms with E-state index in [4.69, 9.17) is 14.9 Å². The molecule has 0 saturated heterocycles. The third-order valence-corrected chi connectivity index (χ3v) is 3.65. The molecule has 0 aliphatic heterocycles. The highest BCUT2D eigenvalue weighted by Crippen LogP contribution is 2.33. The Morgan fingerprint density at radius 1 is 0.962 bits per heavy atom. The maximum atomic E-state index is 11.2. The number of carboxylic acid groups (broad SMARTS) is 2. The van der Waals surface area contributed by atoms with Crippen molar-refractivity contribution in [3.63, 3.8) is 0 Å². The van der Waals surface area contributed by atoms with Crippen LogP contribution in [0.5, 0.6) is 5.75 Å². The molecule has 0 aliphatic rings. The quantitative estimate of drug-likeness (QED) is 0.411. The van der Waals surface area contributed by atoms with Crippen molar-refractivity contribution in [2.24, 2.45) is 10.8 Å². The first-order chi connectivity index (χ1) is 11.8. The summed E-state index contributed by atoms with van der Waals surface area (Å²) in [6.07, 6.45) is 2.73. The van der Waals surface area contributed by atoms with Crippen LogP contribution in [0.1, 0.15) is 59.9 Å². The molecule has 1 aromatic carbocycles. The Kier molecular flexibility index (Phi) is 7.01. The average molecular weight is 362 g/mol. The maximum Gasteiger partial charge on any atom is 0.343 e. The molecular weight excluding hydrogens is 332 g/mol. The minimum Gasteiger partial charge on any atom is -0.490 e. The molecule has 0 bridgehead atoms. The highest BCUT2D eigenvalue weighted by atomic mass is 16.5. The Morgan fingerprint density at radius 3 is 1.85 bits per heavy atom. The normalized spacial score (nSPS) is 12.0.